The van der Waals surface area contributed by atoms with Crippen LogP contribution in [0.25, 0.3) is 21.5 Å². The molecule has 0 aliphatic rings. The van der Waals surface area contributed by atoms with Gasteiger partial charge >= 0.3 is 0 Å². The van der Waals surface area contributed by atoms with Crippen molar-refractivity contribution in [3.05, 3.63) is 95.6 Å². The fourth-order valence-corrected chi connectivity index (χ4v) is 3.63. The van der Waals surface area contributed by atoms with Crippen molar-refractivity contribution in [2.24, 2.45) is 0 Å². The van der Waals surface area contributed by atoms with Crippen molar-refractivity contribution in [1.29, 1.82) is 0 Å². The quantitative estimate of drug-likeness (QED) is 0.379. The fourth-order valence-electron chi connectivity index (χ4n) is 3.63. The Morgan fingerprint density at radius 2 is 1.33 bits per heavy atom. The molecule has 0 heterocycles. The summed E-state index contributed by atoms with van der Waals surface area (Å²) in [5.74, 6) is 0. The average molecular weight is 310 g/mol. The molecular formula is C24H22. The van der Waals surface area contributed by atoms with Crippen LogP contribution >= 0.6 is 0 Å². The highest BCUT2D eigenvalue weighted by Gasteiger charge is 2.07. The summed E-state index contributed by atoms with van der Waals surface area (Å²) in [6.45, 7) is 2.24. The van der Waals surface area contributed by atoms with Gasteiger partial charge in [0.15, 0.2) is 0 Å². The van der Waals surface area contributed by atoms with Gasteiger partial charge in [-0.3, -0.25) is 0 Å². The molecule has 0 aliphatic carbocycles. The lowest BCUT2D eigenvalue weighted by Gasteiger charge is -2.12. The second-order valence-electron chi connectivity index (χ2n) is 6.62. The predicted octanol–water partition coefficient (Wildman–Crippen LogP) is 6.48. The van der Waals surface area contributed by atoms with Crippen LogP contribution in [0.3, 0.4) is 0 Å². The van der Waals surface area contributed by atoms with E-state index in [1.807, 2.05) is 0 Å². The topological polar surface area (TPSA) is 0 Å². The van der Waals surface area contributed by atoms with Crippen molar-refractivity contribution >= 4 is 21.5 Å². The lowest BCUT2D eigenvalue weighted by molar-refractivity contribution is 0.821. The van der Waals surface area contributed by atoms with Crippen LogP contribution in [0.1, 0.15) is 23.1 Å². The first-order valence-corrected chi connectivity index (χ1v) is 8.76. The van der Waals surface area contributed by atoms with Gasteiger partial charge < -0.3 is 0 Å². The molecule has 118 valence electrons. The lowest BCUT2D eigenvalue weighted by Crippen LogP contribution is -1.95. The van der Waals surface area contributed by atoms with Crippen molar-refractivity contribution in [3.63, 3.8) is 0 Å². The highest BCUT2D eigenvalue weighted by Crippen LogP contribution is 2.28. The van der Waals surface area contributed by atoms with E-state index in [9.17, 15) is 0 Å². The number of hydrogen-bond acceptors (Lipinski definition) is 0. The van der Waals surface area contributed by atoms with Crippen LogP contribution < -0.4 is 0 Å². The summed E-state index contributed by atoms with van der Waals surface area (Å²) in [6.07, 6.45) is 3.47. The largest absolute Gasteiger partial charge is 0.0622 e. The highest BCUT2D eigenvalue weighted by molar-refractivity contribution is 6.00. The summed E-state index contributed by atoms with van der Waals surface area (Å²) >= 11 is 0. The fraction of sp³-hybridized carbons (Fsp3) is 0.167. The first-order valence-electron chi connectivity index (χ1n) is 8.76. The zero-order valence-electron chi connectivity index (χ0n) is 14.1. The molecule has 0 spiro atoms. The van der Waals surface area contributed by atoms with Crippen molar-refractivity contribution in [2.45, 2.75) is 26.2 Å². The molecule has 0 atom stereocenters. The van der Waals surface area contributed by atoms with Crippen LogP contribution in [0.2, 0.25) is 0 Å². The summed E-state index contributed by atoms with van der Waals surface area (Å²) in [5, 5.41) is 5.43. The molecule has 0 saturated carbocycles. The van der Waals surface area contributed by atoms with Crippen molar-refractivity contribution in [3.8, 4) is 0 Å². The first kappa shape index (κ1) is 15.0. The standard InChI is InChI=1S/C24H22/c1-18-14-15-22-16-20-11-5-6-12-21(20)17-24(22)23(18)13-7-10-19-8-3-2-4-9-19/h2-6,8-9,11-12,14-17H,7,10,13H2,1H3. The van der Waals surface area contributed by atoms with Crippen molar-refractivity contribution in [1.82, 2.24) is 0 Å². The Balaban J connectivity index is 1.68. The Bertz CT molecular complexity index is 981. The van der Waals surface area contributed by atoms with E-state index in [1.54, 1.807) is 0 Å². The van der Waals surface area contributed by atoms with Crippen LogP contribution in [-0.4, -0.2) is 0 Å². The molecule has 0 fully saturated rings. The van der Waals surface area contributed by atoms with Gasteiger partial charge in [-0.05, 0) is 76.6 Å². The van der Waals surface area contributed by atoms with Gasteiger partial charge in [0.2, 0.25) is 0 Å². The lowest BCUT2D eigenvalue weighted by atomic mass is 9.93. The molecule has 0 aliphatic heterocycles. The molecule has 0 bridgehead atoms. The van der Waals surface area contributed by atoms with E-state index in [2.05, 4.69) is 85.8 Å². The molecule has 0 unspecified atom stereocenters. The van der Waals surface area contributed by atoms with E-state index < -0.39 is 0 Å². The Hall–Kier alpha value is -2.60. The maximum Gasteiger partial charge on any atom is -0.0143 e. The molecule has 4 rings (SSSR count). The average Bonchev–Trinajstić information content (AvgIpc) is 2.63. The van der Waals surface area contributed by atoms with Gasteiger partial charge in [0.25, 0.3) is 0 Å². The molecule has 0 heteroatoms. The number of rotatable bonds is 4. The highest BCUT2D eigenvalue weighted by atomic mass is 14.1. The molecule has 0 radical (unpaired) electrons. The van der Waals surface area contributed by atoms with E-state index in [-0.39, 0.29) is 0 Å². The second-order valence-corrected chi connectivity index (χ2v) is 6.62. The third-order valence-corrected chi connectivity index (χ3v) is 4.97. The van der Waals surface area contributed by atoms with Gasteiger partial charge in [0.1, 0.15) is 0 Å². The Labute approximate surface area is 143 Å². The van der Waals surface area contributed by atoms with E-state index >= 15 is 0 Å². The van der Waals surface area contributed by atoms with Gasteiger partial charge in [-0.2, -0.15) is 0 Å². The molecule has 0 aromatic heterocycles. The molecule has 24 heavy (non-hydrogen) atoms. The summed E-state index contributed by atoms with van der Waals surface area (Å²) in [4.78, 5) is 0. The van der Waals surface area contributed by atoms with Crippen LogP contribution in [-0.2, 0) is 12.8 Å². The Morgan fingerprint density at radius 1 is 0.625 bits per heavy atom. The third-order valence-electron chi connectivity index (χ3n) is 4.97. The Kier molecular flexibility index (Phi) is 4.04. The minimum absolute atomic E-state index is 1.14. The van der Waals surface area contributed by atoms with Crippen LogP contribution in [0, 0.1) is 6.92 Å². The van der Waals surface area contributed by atoms with Gasteiger partial charge in [-0.1, -0.05) is 66.7 Å². The molecule has 0 nitrogen and oxygen atoms in total. The normalized spacial score (nSPS) is 11.2. The molecule has 4 aromatic rings. The van der Waals surface area contributed by atoms with Gasteiger partial charge in [-0.15, -0.1) is 0 Å². The first-order chi connectivity index (χ1) is 11.8. The van der Waals surface area contributed by atoms with Gasteiger partial charge in [-0.25, -0.2) is 0 Å². The number of aryl methyl sites for hydroxylation is 3. The molecular weight excluding hydrogens is 288 g/mol. The van der Waals surface area contributed by atoms with E-state index in [4.69, 9.17) is 0 Å². The monoisotopic (exact) mass is 310 g/mol. The maximum absolute atomic E-state index is 2.37. The van der Waals surface area contributed by atoms with E-state index in [1.165, 1.54) is 44.7 Å². The number of hydrogen-bond donors (Lipinski definition) is 0. The second kappa shape index (κ2) is 6.49. The summed E-state index contributed by atoms with van der Waals surface area (Å²) in [7, 11) is 0. The Morgan fingerprint density at radius 3 is 2.12 bits per heavy atom. The van der Waals surface area contributed by atoms with Gasteiger partial charge in [0, 0.05) is 0 Å². The zero-order valence-corrected chi connectivity index (χ0v) is 14.1. The van der Waals surface area contributed by atoms with E-state index in [0.717, 1.165) is 12.8 Å². The van der Waals surface area contributed by atoms with Crippen LogP contribution in [0.15, 0.2) is 78.9 Å². The summed E-state index contributed by atoms with van der Waals surface area (Å²) in [6, 6.07) is 28.7. The van der Waals surface area contributed by atoms with Crippen molar-refractivity contribution < 1.29 is 0 Å². The smallest absolute Gasteiger partial charge is 0.0143 e. The molecule has 4 aromatic carbocycles. The van der Waals surface area contributed by atoms with E-state index in [0.29, 0.717) is 0 Å². The zero-order chi connectivity index (χ0) is 16.4. The van der Waals surface area contributed by atoms with Gasteiger partial charge in [0.05, 0.1) is 0 Å². The summed E-state index contributed by atoms with van der Waals surface area (Å²) in [5.41, 5.74) is 4.35. The predicted molar refractivity (Wildman–Crippen MR) is 105 cm³/mol. The summed E-state index contributed by atoms with van der Waals surface area (Å²) < 4.78 is 0. The number of benzene rings is 4. The minimum Gasteiger partial charge on any atom is -0.0622 e. The molecule has 0 N–H and O–H groups in total. The minimum atomic E-state index is 1.14. The molecule has 0 saturated heterocycles. The molecule has 0 amide bonds. The SMILES string of the molecule is Cc1ccc2cc3ccccc3cc2c1CCCc1ccccc1. The third kappa shape index (κ3) is 2.92. The van der Waals surface area contributed by atoms with Crippen LogP contribution in [0.5, 0.6) is 0 Å². The van der Waals surface area contributed by atoms with Crippen molar-refractivity contribution in [2.75, 3.05) is 0 Å². The maximum atomic E-state index is 2.37. The van der Waals surface area contributed by atoms with Crippen LogP contribution in [0.4, 0.5) is 0 Å². The number of fused-ring (bicyclic) bond motifs is 2.